The SMILES string of the molecule is CC(=O)C1=CC(C)(C)[C@@H](Oc2nn(C)cc2Nc2ncc3ccn([C@H]4COC[C@@H]4C)c3n2)CC1. The molecule has 3 atom stereocenters. The van der Waals surface area contributed by atoms with Crippen molar-refractivity contribution in [2.45, 2.75) is 52.7 Å². The fourth-order valence-corrected chi connectivity index (χ4v) is 4.93. The molecule has 9 heteroatoms. The van der Waals surface area contributed by atoms with Crippen LogP contribution < -0.4 is 10.1 Å². The number of aromatic nitrogens is 5. The van der Waals surface area contributed by atoms with Crippen LogP contribution in [0.3, 0.4) is 0 Å². The summed E-state index contributed by atoms with van der Waals surface area (Å²) in [4.78, 5) is 21.2. The average molecular weight is 465 g/mol. The highest BCUT2D eigenvalue weighted by molar-refractivity contribution is 5.93. The van der Waals surface area contributed by atoms with Crippen molar-refractivity contribution in [2.24, 2.45) is 18.4 Å². The lowest BCUT2D eigenvalue weighted by atomic mass is 9.76. The molecule has 0 aromatic carbocycles. The minimum Gasteiger partial charge on any atom is -0.471 e. The summed E-state index contributed by atoms with van der Waals surface area (Å²) in [5, 5.41) is 8.82. The Morgan fingerprint density at radius 2 is 2.15 bits per heavy atom. The summed E-state index contributed by atoms with van der Waals surface area (Å²) in [5.74, 6) is 1.54. The van der Waals surface area contributed by atoms with Gasteiger partial charge >= 0.3 is 0 Å². The van der Waals surface area contributed by atoms with Gasteiger partial charge in [-0.05, 0) is 31.4 Å². The molecule has 0 spiro atoms. The van der Waals surface area contributed by atoms with Gasteiger partial charge in [0.15, 0.2) is 5.78 Å². The van der Waals surface area contributed by atoms with Crippen LogP contribution in [0.2, 0.25) is 0 Å². The van der Waals surface area contributed by atoms with Gasteiger partial charge in [-0.25, -0.2) is 4.98 Å². The molecule has 2 aliphatic rings. The van der Waals surface area contributed by atoms with Crippen molar-refractivity contribution in [2.75, 3.05) is 18.5 Å². The van der Waals surface area contributed by atoms with Gasteiger partial charge in [-0.3, -0.25) is 9.48 Å². The molecule has 9 nitrogen and oxygen atoms in total. The number of carbonyl (C=O) groups is 1. The highest BCUT2D eigenvalue weighted by Crippen LogP contribution is 2.38. The Labute approximate surface area is 199 Å². The van der Waals surface area contributed by atoms with Crippen LogP contribution >= 0.6 is 0 Å². The number of hydrogen-bond acceptors (Lipinski definition) is 7. The van der Waals surface area contributed by atoms with Crippen LogP contribution in [0, 0.1) is 11.3 Å². The molecule has 180 valence electrons. The molecule has 0 amide bonds. The van der Waals surface area contributed by atoms with Gasteiger partial charge in [0.25, 0.3) is 5.88 Å². The summed E-state index contributed by atoms with van der Waals surface area (Å²) in [6, 6.07) is 2.30. The molecule has 34 heavy (non-hydrogen) atoms. The van der Waals surface area contributed by atoms with E-state index in [0.29, 0.717) is 36.5 Å². The molecule has 5 rings (SSSR count). The van der Waals surface area contributed by atoms with E-state index in [1.165, 1.54) is 0 Å². The van der Waals surface area contributed by atoms with Crippen molar-refractivity contribution in [3.8, 4) is 5.88 Å². The topological polar surface area (TPSA) is 96.1 Å². The number of ketones is 1. The van der Waals surface area contributed by atoms with E-state index in [1.807, 2.05) is 31.6 Å². The Balaban J connectivity index is 1.40. The lowest BCUT2D eigenvalue weighted by Gasteiger charge is -2.36. The summed E-state index contributed by atoms with van der Waals surface area (Å²) in [7, 11) is 1.86. The van der Waals surface area contributed by atoms with E-state index in [2.05, 4.69) is 46.9 Å². The van der Waals surface area contributed by atoms with E-state index >= 15 is 0 Å². The second kappa shape index (κ2) is 8.54. The zero-order chi connectivity index (χ0) is 24.0. The van der Waals surface area contributed by atoms with Crippen molar-refractivity contribution >= 4 is 28.5 Å². The number of rotatable bonds is 6. The van der Waals surface area contributed by atoms with Crippen LogP contribution in [0.5, 0.6) is 5.88 Å². The number of fused-ring (bicyclic) bond motifs is 1. The molecular formula is C25H32N6O3. The second-order valence-corrected chi connectivity index (χ2v) is 10.1. The van der Waals surface area contributed by atoms with Crippen LogP contribution in [-0.2, 0) is 16.6 Å². The minimum absolute atomic E-state index is 0.101. The third kappa shape index (κ3) is 4.20. The number of hydrogen-bond donors (Lipinski definition) is 1. The maximum atomic E-state index is 11.9. The zero-order valence-electron chi connectivity index (χ0n) is 20.4. The molecule has 1 saturated heterocycles. The molecule has 1 aliphatic heterocycles. The van der Waals surface area contributed by atoms with E-state index in [0.717, 1.165) is 29.6 Å². The summed E-state index contributed by atoms with van der Waals surface area (Å²) in [6.07, 6.45) is 9.16. The fourth-order valence-electron chi connectivity index (χ4n) is 4.93. The number of allylic oxidation sites excluding steroid dienone is 1. The maximum Gasteiger partial charge on any atom is 0.257 e. The molecule has 4 heterocycles. The molecule has 1 fully saturated rings. The van der Waals surface area contributed by atoms with Gasteiger partial charge in [-0.1, -0.05) is 26.8 Å². The van der Waals surface area contributed by atoms with Crippen LogP contribution in [0.25, 0.3) is 11.0 Å². The van der Waals surface area contributed by atoms with Gasteiger partial charge < -0.3 is 19.4 Å². The second-order valence-electron chi connectivity index (χ2n) is 10.1. The molecule has 3 aromatic heterocycles. The first kappa shape index (κ1) is 22.6. The van der Waals surface area contributed by atoms with Gasteiger partial charge in [0.1, 0.15) is 17.4 Å². The highest BCUT2D eigenvalue weighted by atomic mass is 16.5. The van der Waals surface area contributed by atoms with Crippen molar-refractivity contribution in [1.29, 1.82) is 0 Å². The van der Waals surface area contributed by atoms with Crippen molar-refractivity contribution in [3.63, 3.8) is 0 Å². The quantitative estimate of drug-likeness (QED) is 0.584. The first-order chi connectivity index (χ1) is 16.2. The van der Waals surface area contributed by atoms with Gasteiger partial charge in [0, 0.05) is 36.2 Å². The molecule has 0 radical (unpaired) electrons. The number of anilines is 2. The van der Waals surface area contributed by atoms with Gasteiger partial charge in [0.2, 0.25) is 5.95 Å². The Hall–Kier alpha value is -3.20. The smallest absolute Gasteiger partial charge is 0.257 e. The molecule has 0 saturated carbocycles. The van der Waals surface area contributed by atoms with E-state index in [4.69, 9.17) is 14.5 Å². The number of carbonyl (C=O) groups excluding carboxylic acids is 1. The largest absolute Gasteiger partial charge is 0.471 e. The van der Waals surface area contributed by atoms with Crippen molar-refractivity contribution in [1.82, 2.24) is 24.3 Å². The number of nitrogens with zero attached hydrogens (tertiary/aromatic N) is 5. The normalized spacial score (nSPS) is 24.3. The number of aryl methyl sites for hydroxylation is 1. The zero-order valence-corrected chi connectivity index (χ0v) is 20.4. The first-order valence-electron chi connectivity index (χ1n) is 11.8. The predicted molar refractivity (Wildman–Crippen MR) is 129 cm³/mol. The van der Waals surface area contributed by atoms with Gasteiger partial charge in [-0.2, -0.15) is 4.98 Å². The van der Waals surface area contributed by atoms with Crippen LogP contribution in [0.15, 0.2) is 36.3 Å². The monoisotopic (exact) mass is 464 g/mol. The maximum absolute atomic E-state index is 11.9. The Morgan fingerprint density at radius 3 is 2.85 bits per heavy atom. The van der Waals surface area contributed by atoms with E-state index in [9.17, 15) is 4.79 Å². The van der Waals surface area contributed by atoms with E-state index < -0.39 is 0 Å². The number of ether oxygens (including phenoxy) is 2. The summed E-state index contributed by atoms with van der Waals surface area (Å²) >= 11 is 0. The summed E-state index contributed by atoms with van der Waals surface area (Å²) in [5.41, 5.74) is 2.16. The van der Waals surface area contributed by atoms with E-state index in [-0.39, 0.29) is 23.3 Å². The Morgan fingerprint density at radius 1 is 1.32 bits per heavy atom. The predicted octanol–water partition coefficient (Wildman–Crippen LogP) is 4.20. The fraction of sp³-hybridized carbons (Fsp3) is 0.520. The van der Waals surface area contributed by atoms with Crippen LogP contribution in [-0.4, -0.2) is 49.4 Å². The highest BCUT2D eigenvalue weighted by Gasteiger charge is 2.35. The standard InChI is InChI=1S/C25H32N6O3/c1-15-13-33-14-20(15)31-9-8-18-11-26-24(28-22(18)31)27-19-12-30(5)29-23(19)34-21-7-6-17(16(2)32)10-25(21,3)4/h8-12,15,20-21H,6-7,13-14H2,1-5H3,(H,26,27,28)/t15-,20-,21-/m0/s1. The third-order valence-corrected chi connectivity index (χ3v) is 6.94. The number of Topliss-reactive ketones (excluding diaryl/α,β-unsaturated/α-hetero) is 1. The van der Waals surface area contributed by atoms with Crippen LogP contribution in [0.4, 0.5) is 11.6 Å². The Bertz CT molecular complexity index is 1260. The van der Waals surface area contributed by atoms with Crippen molar-refractivity contribution < 1.29 is 14.3 Å². The van der Waals surface area contributed by atoms with E-state index in [1.54, 1.807) is 11.6 Å². The lowest BCUT2D eigenvalue weighted by molar-refractivity contribution is -0.114. The van der Waals surface area contributed by atoms with Crippen molar-refractivity contribution in [3.05, 3.63) is 36.3 Å². The van der Waals surface area contributed by atoms with Gasteiger partial charge in [0.05, 0.1) is 25.5 Å². The first-order valence-corrected chi connectivity index (χ1v) is 11.8. The lowest BCUT2D eigenvalue weighted by Crippen LogP contribution is -2.37. The van der Waals surface area contributed by atoms with Gasteiger partial charge in [-0.15, -0.1) is 5.10 Å². The Kier molecular flexibility index (Phi) is 5.67. The molecule has 1 N–H and O–H groups in total. The third-order valence-electron chi connectivity index (χ3n) is 6.94. The molecule has 3 aromatic rings. The molecular weight excluding hydrogens is 432 g/mol. The van der Waals surface area contributed by atoms with Crippen LogP contribution in [0.1, 0.15) is 46.6 Å². The average Bonchev–Trinajstić information content (AvgIpc) is 3.47. The number of nitrogens with one attached hydrogen (secondary N) is 1. The minimum atomic E-state index is -0.287. The molecule has 1 aliphatic carbocycles. The molecule has 0 unspecified atom stereocenters. The summed E-state index contributed by atoms with van der Waals surface area (Å²) < 4.78 is 15.9. The summed E-state index contributed by atoms with van der Waals surface area (Å²) in [6.45, 7) is 9.46. The molecule has 0 bridgehead atoms.